The Balaban J connectivity index is -0.0000000343. The van der Waals surface area contributed by atoms with E-state index in [0.717, 1.165) is 0 Å². The normalized spacial score (nSPS) is 8.00. The molecule has 0 radical (unpaired) electrons. The number of aliphatic carboxylic acids is 6. The Morgan fingerprint density at radius 2 is 0.500 bits per heavy atom. The molecule has 0 unspecified atom stereocenters. The molecule has 15 nitrogen and oxygen atoms in total. The quantitative estimate of drug-likeness (QED) is 0.144. The average Bonchev–Trinajstić information content (AvgIpc) is 2.46. The smallest absolute Gasteiger partial charge is 1.00 e. The molecule has 0 aromatic heterocycles. The first-order chi connectivity index (χ1) is 12.4. The van der Waals surface area contributed by atoms with Crippen molar-refractivity contribution >= 4 is 35.8 Å². The van der Waals surface area contributed by atoms with Crippen molar-refractivity contribution in [3.63, 3.8) is 0 Å². The molecule has 6 N–H and O–H groups in total. The molecule has 162 valence electrons. The Kier molecular flexibility index (Phi) is 44.8. The largest absolute Gasteiger partial charge is 1.00 e. The third kappa shape index (κ3) is 63.0. The summed E-state index contributed by atoms with van der Waals surface area (Å²) in [7, 11) is 0. The van der Waals surface area contributed by atoms with Crippen LogP contribution >= 0.6 is 0 Å². The third-order valence-electron chi connectivity index (χ3n) is 1.35. The Labute approximate surface area is 240 Å². The van der Waals surface area contributed by atoms with Crippen molar-refractivity contribution in [1.82, 2.24) is 0 Å². The molecule has 0 heterocycles. The van der Waals surface area contributed by atoms with Gasteiger partial charge in [-0.15, -0.1) is 0 Å². The van der Waals surface area contributed by atoms with Crippen LogP contribution in [0.3, 0.4) is 0 Å². The number of carboxylic acid groups (broad SMARTS) is 6. The molecule has 0 aliphatic rings. The van der Waals surface area contributed by atoms with Crippen LogP contribution in [0.25, 0.3) is 0 Å². The van der Waals surface area contributed by atoms with E-state index in [0.29, 0.717) is 0 Å². The van der Waals surface area contributed by atoms with Crippen LogP contribution in [0.5, 0.6) is 0 Å². The summed E-state index contributed by atoms with van der Waals surface area (Å²) in [6, 6.07) is 0. The van der Waals surface area contributed by atoms with E-state index in [4.69, 9.17) is 30.6 Å². The van der Waals surface area contributed by atoms with Gasteiger partial charge < -0.3 is 49.1 Å². The zero-order valence-electron chi connectivity index (χ0n) is 19.6. The van der Waals surface area contributed by atoms with E-state index in [2.05, 4.69) is 14.2 Å². The van der Waals surface area contributed by atoms with E-state index in [-0.39, 0.29) is 93.0 Å². The molecule has 0 aromatic rings. The number of ether oxygens (including phenoxy) is 3. The molecule has 0 aliphatic heterocycles. The van der Waals surface area contributed by atoms with Gasteiger partial charge in [0.05, 0.1) is 0 Å². The van der Waals surface area contributed by atoms with Gasteiger partial charge in [0.1, 0.15) is 39.6 Å². The molecule has 0 spiro atoms. The second-order valence-electron chi connectivity index (χ2n) is 3.84. The molecule has 0 amide bonds. The monoisotopic (exact) mass is 474 g/mol. The van der Waals surface area contributed by atoms with Gasteiger partial charge in [-0.05, 0) is 0 Å². The van der Waals surface area contributed by atoms with Crippen LogP contribution in [0.4, 0.5) is 0 Å². The maximum Gasteiger partial charge on any atom is 1.00 e. The first-order valence-corrected chi connectivity index (χ1v) is 6.42. The van der Waals surface area contributed by atoms with E-state index < -0.39 is 75.5 Å². The van der Waals surface area contributed by atoms with Crippen LogP contribution in [0.15, 0.2) is 0 Å². The molecule has 0 rings (SSSR count). The molecule has 0 aliphatic carbocycles. The van der Waals surface area contributed by atoms with Gasteiger partial charge in [-0.3, -0.25) is 0 Å². The minimum Gasteiger partial charge on any atom is -1.00 e. The summed E-state index contributed by atoms with van der Waals surface area (Å²) in [6.45, 7) is -3.38. The summed E-state index contributed by atoms with van der Waals surface area (Å²) in [6.07, 6.45) is 0. The van der Waals surface area contributed by atoms with E-state index in [1.54, 1.807) is 0 Å². The van der Waals surface area contributed by atoms with Gasteiger partial charge in [-0.1, -0.05) is 0 Å². The molecule has 0 aromatic carbocycles. The molecule has 0 fully saturated rings. The van der Waals surface area contributed by atoms with E-state index in [9.17, 15) is 28.8 Å². The van der Waals surface area contributed by atoms with Gasteiger partial charge in [0, 0.05) is 0 Å². The summed E-state index contributed by atoms with van der Waals surface area (Å²) >= 11 is 0. The zero-order chi connectivity index (χ0) is 21.8. The predicted molar refractivity (Wildman–Crippen MR) is 81.6 cm³/mol. The number of carbonyl (C=O) groups is 6. The molecular formula is C12H21Na3O15. The standard InChI is InChI=1S/3C4H6O5.3Na.3H/c3*5-3(6)1-9-2-4(7)8;;;;;;/h3*1-2H2,(H,5,6)(H,7,8);;;;;;/q;;;3*+1;3*-1. The van der Waals surface area contributed by atoms with Gasteiger partial charge in [0.25, 0.3) is 0 Å². The Morgan fingerprint density at radius 3 is 0.567 bits per heavy atom. The van der Waals surface area contributed by atoms with Crippen LogP contribution in [-0.4, -0.2) is 106 Å². The number of hydrogen-bond donors (Lipinski definition) is 6. The minimum atomic E-state index is -1.17. The maximum absolute atomic E-state index is 9.66. The summed E-state index contributed by atoms with van der Waals surface area (Å²) in [5.74, 6) is -7.02. The number of rotatable bonds is 12. The molecular weight excluding hydrogens is 453 g/mol. The zero-order valence-corrected chi connectivity index (χ0v) is 22.6. The van der Waals surface area contributed by atoms with Crippen molar-refractivity contribution in [2.45, 2.75) is 0 Å². The van der Waals surface area contributed by atoms with Crippen LogP contribution in [0.1, 0.15) is 4.28 Å². The first-order valence-electron chi connectivity index (χ1n) is 6.42. The fourth-order valence-electron chi connectivity index (χ4n) is 0.677. The van der Waals surface area contributed by atoms with E-state index >= 15 is 0 Å². The van der Waals surface area contributed by atoms with Gasteiger partial charge in [-0.2, -0.15) is 0 Å². The van der Waals surface area contributed by atoms with Crippen LogP contribution in [-0.2, 0) is 43.0 Å². The molecule has 0 saturated heterocycles. The van der Waals surface area contributed by atoms with Crippen molar-refractivity contribution in [3.05, 3.63) is 0 Å². The third-order valence-corrected chi connectivity index (χ3v) is 1.35. The number of hydrogen-bond acceptors (Lipinski definition) is 9. The molecule has 30 heavy (non-hydrogen) atoms. The average molecular weight is 474 g/mol. The van der Waals surface area contributed by atoms with Crippen molar-refractivity contribution in [1.29, 1.82) is 0 Å². The molecule has 0 bridgehead atoms. The predicted octanol–water partition coefficient (Wildman–Crippen LogP) is -11.1. The summed E-state index contributed by atoms with van der Waals surface area (Å²) in [5, 5.41) is 47.5. The van der Waals surface area contributed by atoms with Crippen LogP contribution < -0.4 is 88.7 Å². The Morgan fingerprint density at radius 1 is 0.400 bits per heavy atom. The van der Waals surface area contributed by atoms with Gasteiger partial charge >= 0.3 is 124 Å². The van der Waals surface area contributed by atoms with Crippen molar-refractivity contribution in [2.24, 2.45) is 0 Å². The fraction of sp³-hybridized carbons (Fsp3) is 0.500. The fourth-order valence-corrected chi connectivity index (χ4v) is 0.677. The van der Waals surface area contributed by atoms with Crippen molar-refractivity contribution < 1.29 is 167 Å². The van der Waals surface area contributed by atoms with Crippen molar-refractivity contribution in [3.8, 4) is 0 Å². The minimum absolute atomic E-state index is 0. The number of carboxylic acids is 6. The van der Waals surface area contributed by atoms with Crippen LogP contribution in [0, 0.1) is 0 Å². The molecule has 18 heteroatoms. The Bertz CT molecular complexity index is 412. The first kappa shape index (κ1) is 43.6. The Hall–Kier alpha value is -0.300. The van der Waals surface area contributed by atoms with Crippen molar-refractivity contribution in [2.75, 3.05) is 39.6 Å². The van der Waals surface area contributed by atoms with Gasteiger partial charge in [-0.25, -0.2) is 28.8 Å². The molecule has 0 saturated carbocycles. The van der Waals surface area contributed by atoms with Crippen LogP contribution in [0.2, 0.25) is 0 Å². The summed E-state index contributed by atoms with van der Waals surface area (Å²) < 4.78 is 12.5. The van der Waals surface area contributed by atoms with E-state index in [1.165, 1.54) is 0 Å². The van der Waals surface area contributed by atoms with E-state index in [1.807, 2.05) is 0 Å². The summed E-state index contributed by atoms with van der Waals surface area (Å²) in [4.78, 5) is 58.0. The second-order valence-corrected chi connectivity index (χ2v) is 3.84. The second kappa shape index (κ2) is 30.9. The van der Waals surface area contributed by atoms with Gasteiger partial charge in [0.15, 0.2) is 0 Å². The van der Waals surface area contributed by atoms with Gasteiger partial charge in [0.2, 0.25) is 0 Å². The maximum atomic E-state index is 9.66. The topological polar surface area (TPSA) is 251 Å². The molecule has 0 atom stereocenters. The summed E-state index contributed by atoms with van der Waals surface area (Å²) in [5.41, 5.74) is 0. The SMILES string of the molecule is O=C(O)COCC(=O)O.O=C(O)COCC(=O)O.O=C(O)COCC(=O)O.[H-].[H-].[H-].[Na+].[Na+].[Na+].